The van der Waals surface area contributed by atoms with Gasteiger partial charge in [0.2, 0.25) is 5.78 Å². The first kappa shape index (κ1) is 16.2. The average molecular weight is 311 g/mol. The maximum atomic E-state index is 12.4. The number of anilines is 1. The van der Waals surface area contributed by atoms with E-state index < -0.39 is 0 Å². The Kier molecular flexibility index (Phi) is 5.88. The molecule has 6 nitrogen and oxygen atoms in total. The van der Waals surface area contributed by atoms with Gasteiger partial charge in [0.1, 0.15) is 12.9 Å². The summed E-state index contributed by atoms with van der Waals surface area (Å²) in [4.78, 5) is 17.1. The number of benzene rings is 2. The number of hydrogen-bond donors (Lipinski definition) is 1. The molecule has 0 fully saturated rings. The van der Waals surface area contributed by atoms with E-state index in [9.17, 15) is 4.79 Å². The van der Waals surface area contributed by atoms with Gasteiger partial charge in [-0.1, -0.05) is 35.5 Å². The Balaban J connectivity index is 2.19. The van der Waals surface area contributed by atoms with Crippen LogP contribution in [0.15, 0.2) is 64.9 Å². The van der Waals surface area contributed by atoms with E-state index in [0.717, 1.165) is 11.4 Å². The summed E-state index contributed by atoms with van der Waals surface area (Å²) in [5.41, 5.74) is 4.19. The molecule has 0 aliphatic carbocycles. The minimum absolute atomic E-state index is 0.133. The Morgan fingerprint density at radius 3 is 2.35 bits per heavy atom. The molecular weight excluding hydrogens is 294 g/mol. The van der Waals surface area contributed by atoms with Gasteiger partial charge in [-0.3, -0.25) is 10.2 Å². The molecule has 118 valence electrons. The number of ketones is 1. The van der Waals surface area contributed by atoms with Crippen LogP contribution in [0.5, 0.6) is 5.75 Å². The molecule has 0 saturated carbocycles. The molecule has 0 saturated heterocycles. The largest absolute Gasteiger partial charge is 0.497 e. The summed E-state index contributed by atoms with van der Waals surface area (Å²) >= 11 is 0. The lowest BCUT2D eigenvalue weighted by Gasteiger charge is -2.04. The van der Waals surface area contributed by atoms with Crippen molar-refractivity contribution >= 4 is 23.4 Å². The quantitative estimate of drug-likeness (QED) is 0.485. The number of ether oxygens (including phenoxy) is 1. The summed E-state index contributed by atoms with van der Waals surface area (Å²) in [6.07, 6.45) is 1.27. The van der Waals surface area contributed by atoms with Crippen LogP contribution in [0, 0.1) is 0 Å². The number of nitrogens with zero attached hydrogens (tertiary/aromatic N) is 2. The molecule has 0 atom stereocenters. The number of nitrogens with one attached hydrogen (secondary N) is 1. The first-order valence-electron chi connectivity index (χ1n) is 6.88. The molecule has 2 aromatic carbocycles. The van der Waals surface area contributed by atoms with Crippen molar-refractivity contribution in [3.05, 3.63) is 60.2 Å². The Morgan fingerprint density at radius 1 is 1.04 bits per heavy atom. The second-order valence-electron chi connectivity index (χ2n) is 4.45. The van der Waals surface area contributed by atoms with Gasteiger partial charge in [0.25, 0.3) is 0 Å². The van der Waals surface area contributed by atoms with Crippen LogP contribution in [0.25, 0.3) is 0 Å². The lowest BCUT2D eigenvalue weighted by atomic mass is 10.1. The molecule has 0 aliphatic rings. The van der Waals surface area contributed by atoms with Crippen LogP contribution in [-0.4, -0.2) is 31.9 Å². The zero-order valence-corrected chi connectivity index (χ0v) is 12.9. The first-order chi connectivity index (χ1) is 11.2. The smallest absolute Gasteiger partial charge is 0.214 e. The normalized spacial score (nSPS) is 11.3. The molecule has 0 amide bonds. The highest BCUT2D eigenvalue weighted by atomic mass is 16.6. The Labute approximate surface area is 134 Å². The predicted molar refractivity (Wildman–Crippen MR) is 90.3 cm³/mol. The third-order valence-electron chi connectivity index (χ3n) is 2.94. The second kappa shape index (κ2) is 8.33. The lowest BCUT2D eigenvalue weighted by Crippen LogP contribution is -2.17. The van der Waals surface area contributed by atoms with Gasteiger partial charge in [-0.2, -0.15) is 5.10 Å². The molecular formula is C17H17N3O3. The fourth-order valence-corrected chi connectivity index (χ4v) is 1.77. The monoisotopic (exact) mass is 311 g/mol. The van der Waals surface area contributed by atoms with E-state index in [-0.39, 0.29) is 11.5 Å². The molecule has 1 N–H and O–H groups in total. The molecule has 2 rings (SSSR count). The Hall–Kier alpha value is -3.15. The minimum Gasteiger partial charge on any atom is -0.497 e. The topological polar surface area (TPSA) is 72.3 Å². The summed E-state index contributed by atoms with van der Waals surface area (Å²) in [6, 6.07) is 16.0. The fourth-order valence-electron chi connectivity index (χ4n) is 1.77. The molecule has 0 unspecified atom stereocenters. The van der Waals surface area contributed by atoms with Crippen molar-refractivity contribution < 1.29 is 14.4 Å². The molecule has 0 radical (unpaired) electrons. The van der Waals surface area contributed by atoms with Crippen molar-refractivity contribution in [3.63, 3.8) is 0 Å². The molecule has 23 heavy (non-hydrogen) atoms. The number of oxime groups is 1. The third-order valence-corrected chi connectivity index (χ3v) is 2.94. The molecule has 0 heterocycles. The van der Waals surface area contributed by atoms with Gasteiger partial charge in [-0.15, -0.1) is 0 Å². The van der Waals surface area contributed by atoms with Gasteiger partial charge in [0.15, 0.2) is 5.71 Å². The van der Waals surface area contributed by atoms with Gasteiger partial charge in [0.05, 0.1) is 19.0 Å². The number of carbonyl (C=O) groups excluding carboxylic acids is 1. The summed E-state index contributed by atoms with van der Waals surface area (Å²) in [6.45, 7) is 0. The highest BCUT2D eigenvalue weighted by Gasteiger charge is 2.12. The van der Waals surface area contributed by atoms with E-state index >= 15 is 0 Å². The van der Waals surface area contributed by atoms with E-state index in [1.54, 1.807) is 55.6 Å². The van der Waals surface area contributed by atoms with Crippen LogP contribution in [0.4, 0.5) is 5.69 Å². The summed E-state index contributed by atoms with van der Waals surface area (Å²) in [5.74, 6) is 0.480. The number of Topliss-reactive ketones (excluding diaryl/α,β-unsaturated/α-hetero) is 1. The summed E-state index contributed by atoms with van der Waals surface area (Å²) < 4.78 is 5.09. The van der Waals surface area contributed by atoms with Crippen molar-refractivity contribution in [2.75, 3.05) is 19.6 Å². The van der Waals surface area contributed by atoms with E-state index in [4.69, 9.17) is 4.74 Å². The van der Waals surface area contributed by atoms with Gasteiger partial charge >= 0.3 is 0 Å². The highest BCUT2D eigenvalue weighted by molar-refractivity contribution is 6.64. The lowest BCUT2D eigenvalue weighted by molar-refractivity contribution is 0.106. The fraction of sp³-hybridized carbons (Fsp3) is 0.118. The van der Waals surface area contributed by atoms with E-state index in [2.05, 4.69) is 20.5 Å². The minimum atomic E-state index is -0.257. The zero-order chi connectivity index (χ0) is 16.5. The number of hydrazone groups is 1. The Morgan fingerprint density at radius 2 is 1.74 bits per heavy atom. The van der Waals surface area contributed by atoms with Crippen molar-refractivity contribution in [1.29, 1.82) is 0 Å². The molecule has 0 spiro atoms. The van der Waals surface area contributed by atoms with E-state index in [1.807, 2.05) is 6.07 Å². The average Bonchev–Trinajstić information content (AvgIpc) is 2.62. The zero-order valence-electron chi connectivity index (χ0n) is 12.9. The van der Waals surface area contributed by atoms with Gasteiger partial charge in [-0.05, 0) is 24.3 Å². The molecule has 2 aromatic rings. The van der Waals surface area contributed by atoms with Gasteiger partial charge in [-0.25, -0.2) is 0 Å². The number of methoxy groups -OCH3 is 1. The van der Waals surface area contributed by atoms with Crippen molar-refractivity contribution in [3.8, 4) is 5.75 Å². The second-order valence-corrected chi connectivity index (χ2v) is 4.45. The first-order valence-corrected chi connectivity index (χ1v) is 6.88. The van der Waals surface area contributed by atoms with Gasteiger partial charge in [0, 0.05) is 5.56 Å². The van der Waals surface area contributed by atoms with Crippen LogP contribution in [0.3, 0.4) is 0 Å². The van der Waals surface area contributed by atoms with Crippen LogP contribution in [-0.2, 0) is 4.84 Å². The number of carbonyl (C=O) groups is 1. The number of rotatable bonds is 7. The van der Waals surface area contributed by atoms with Crippen molar-refractivity contribution in [1.82, 2.24) is 0 Å². The summed E-state index contributed by atoms with van der Waals surface area (Å²) in [5, 5.41) is 7.73. The SMILES string of the molecule is CON=CC(=NNc1ccc(OC)cc1)C(=O)c1ccccc1. The van der Waals surface area contributed by atoms with Crippen LogP contribution >= 0.6 is 0 Å². The molecule has 6 heteroatoms. The van der Waals surface area contributed by atoms with E-state index in [1.165, 1.54) is 13.3 Å². The van der Waals surface area contributed by atoms with Crippen LogP contribution in [0.1, 0.15) is 10.4 Å². The molecule has 0 aliphatic heterocycles. The van der Waals surface area contributed by atoms with Crippen molar-refractivity contribution in [2.24, 2.45) is 10.3 Å². The van der Waals surface area contributed by atoms with Crippen LogP contribution < -0.4 is 10.2 Å². The standard InChI is InChI=1S/C17H17N3O3/c1-22-15-10-8-14(9-11-15)19-20-16(12-18-23-2)17(21)13-6-4-3-5-7-13/h3-12,19H,1-2H3. The molecule has 0 bridgehead atoms. The predicted octanol–water partition coefficient (Wildman–Crippen LogP) is 2.98. The van der Waals surface area contributed by atoms with Crippen LogP contribution in [0.2, 0.25) is 0 Å². The van der Waals surface area contributed by atoms with Crippen molar-refractivity contribution in [2.45, 2.75) is 0 Å². The molecule has 0 aromatic heterocycles. The maximum Gasteiger partial charge on any atom is 0.214 e. The third kappa shape index (κ3) is 4.67. The maximum absolute atomic E-state index is 12.4. The van der Waals surface area contributed by atoms with E-state index in [0.29, 0.717) is 5.56 Å². The number of hydrogen-bond acceptors (Lipinski definition) is 6. The van der Waals surface area contributed by atoms with Gasteiger partial charge < -0.3 is 9.57 Å². The Bertz CT molecular complexity index is 695. The highest BCUT2D eigenvalue weighted by Crippen LogP contribution is 2.15. The summed E-state index contributed by atoms with van der Waals surface area (Å²) in [7, 11) is 3.00.